The molecule has 5 rings (SSSR count). The van der Waals surface area contributed by atoms with Gasteiger partial charge in [0.05, 0.1) is 28.4 Å². The molecule has 0 radical (unpaired) electrons. The van der Waals surface area contributed by atoms with Gasteiger partial charge in [-0.25, -0.2) is 0 Å². The smallest absolute Gasteiger partial charge is 0.0844 e. The second kappa shape index (κ2) is 8.19. The molecule has 1 heterocycles. The van der Waals surface area contributed by atoms with E-state index >= 15 is 0 Å². The van der Waals surface area contributed by atoms with Gasteiger partial charge >= 0.3 is 0 Å². The summed E-state index contributed by atoms with van der Waals surface area (Å²) >= 11 is 0. The Bertz CT molecular complexity index is 677. The lowest BCUT2D eigenvalue weighted by atomic mass is 9.87. The highest BCUT2D eigenvalue weighted by Gasteiger charge is 2.44. The third kappa shape index (κ3) is 4.83. The summed E-state index contributed by atoms with van der Waals surface area (Å²) in [6.45, 7) is 10.4. The maximum absolute atomic E-state index is 5.75. The van der Waals surface area contributed by atoms with Gasteiger partial charge in [-0.05, 0) is 62.2 Å². The first-order valence-electron chi connectivity index (χ1n) is 13.1. The van der Waals surface area contributed by atoms with Crippen LogP contribution in [0, 0.1) is 23.7 Å². The Morgan fingerprint density at radius 3 is 1.80 bits per heavy atom. The van der Waals surface area contributed by atoms with Gasteiger partial charge in [0, 0.05) is 0 Å². The molecule has 6 unspecified atom stereocenters. The lowest BCUT2D eigenvalue weighted by Gasteiger charge is -2.29. The molecule has 3 saturated carbocycles. The van der Waals surface area contributed by atoms with E-state index < -0.39 is 16.1 Å². The van der Waals surface area contributed by atoms with Crippen LogP contribution in [0.4, 0.5) is 0 Å². The minimum atomic E-state index is -1.33. The topological polar surface area (TPSA) is 12.5 Å². The minimum absolute atomic E-state index is 0.638. The average molecular weight is 441 g/mol. The molecule has 0 aromatic heterocycles. The summed E-state index contributed by atoms with van der Waals surface area (Å²) in [7, 11) is -2.63. The molecule has 0 spiro atoms. The van der Waals surface area contributed by atoms with E-state index in [2.05, 4.69) is 50.5 Å². The van der Waals surface area contributed by atoms with E-state index in [1.165, 1.54) is 50.6 Å². The molecule has 30 heavy (non-hydrogen) atoms. The van der Waals surface area contributed by atoms with Gasteiger partial charge in [-0.3, -0.25) is 0 Å². The van der Waals surface area contributed by atoms with Gasteiger partial charge < -0.3 is 4.74 Å². The summed E-state index contributed by atoms with van der Waals surface area (Å²) in [5.74, 6) is 4.24. The van der Waals surface area contributed by atoms with Crippen LogP contribution in [0.3, 0.4) is 0 Å². The zero-order valence-electron chi connectivity index (χ0n) is 20.0. The van der Waals surface area contributed by atoms with Gasteiger partial charge in [-0.15, -0.1) is 0 Å². The van der Waals surface area contributed by atoms with Gasteiger partial charge in [-0.2, -0.15) is 0 Å². The largest absolute Gasteiger partial charge is 0.370 e. The van der Waals surface area contributed by atoms with E-state index in [1.807, 2.05) is 0 Å². The molecule has 166 valence electrons. The average Bonchev–Trinajstić information content (AvgIpc) is 3.65. The molecule has 4 aliphatic rings. The van der Waals surface area contributed by atoms with Crippen molar-refractivity contribution in [3.05, 3.63) is 24.3 Å². The highest BCUT2D eigenvalue weighted by Crippen LogP contribution is 2.52. The van der Waals surface area contributed by atoms with Crippen molar-refractivity contribution in [2.24, 2.45) is 23.7 Å². The SMILES string of the molecule is C[Si](C)(CCC1CCC2CC2C1)c1ccc([Si](C)(C)CCC2CCC3OC3C2)cc1. The fourth-order valence-electron chi connectivity index (χ4n) is 6.75. The summed E-state index contributed by atoms with van der Waals surface area (Å²) in [6, 6.07) is 13.1. The van der Waals surface area contributed by atoms with E-state index in [1.54, 1.807) is 29.6 Å². The fourth-order valence-corrected chi connectivity index (χ4v) is 11.7. The zero-order valence-corrected chi connectivity index (χ0v) is 22.0. The number of fused-ring (bicyclic) bond motifs is 2. The number of hydrogen-bond acceptors (Lipinski definition) is 1. The molecule has 1 saturated heterocycles. The summed E-state index contributed by atoms with van der Waals surface area (Å²) in [5.41, 5.74) is 0. The van der Waals surface area contributed by atoms with E-state index in [-0.39, 0.29) is 0 Å². The number of benzene rings is 1. The second-order valence-electron chi connectivity index (χ2n) is 12.7. The highest BCUT2D eigenvalue weighted by atomic mass is 28.3. The van der Waals surface area contributed by atoms with Crippen LogP contribution >= 0.6 is 0 Å². The van der Waals surface area contributed by atoms with E-state index in [4.69, 9.17) is 4.74 Å². The maximum Gasteiger partial charge on any atom is 0.0844 e. The monoisotopic (exact) mass is 440 g/mol. The van der Waals surface area contributed by atoms with E-state index in [0.29, 0.717) is 12.2 Å². The number of epoxide rings is 1. The Kier molecular flexibility index (Phi) is 5.86. The van der Waals surface area contributed by atoms with Crippen molar-refractivity contribution in [2.75, 3.05) is 0 Å². The molecular weight excluding hydrogens is 396 g/mol. The predicted molar refractivity (Wildman–Crippen MR) is 134 cm³/mol. The van der Waals surface area contributed by atoms with E-state index in [9.17, 15) is 0 Å². The molecule has 3 heteroatoms. The van der Waals surface area contributed by atoms with Crippen molar-refractivity contribution in [1.82, 2.24) is 0 Å². The molecule has 1 aliphatic heterocycles. The molecule has 1 aromatic rings. The van der Waals surface area contributed by atoms with Gasteiger partial charge in [0.25, 0.3) is 0 Å². The van der Waals surface area contributed by atoms with Crippen LogP contribution in [0.2, 0.25) is 38.3 Å². The van der Waals surface area contributed by atoms with Crippen LogP contribution in [-0.2, 0) is 4.74 Å². The van der Waals surface area contributed by atoms with Gasteiger partial charge in [0.2, 0.25) is 0 Å². The number of hydrogen-bond donors (Lipinski definition) is 0. The van der Waals surface area contributed by atoms with Gasteiger partial charge in [0.15, 0.2) is 0 Å². The zero-order chi connectivity index (χ0) is 20.9. The molecule has 0 N–H and O–H groups in total. The van der Waals surface area contributed by atoms with Crippen LogP contribution < -0.4 is 10.4 Å². The minimum Gasteiger partial charge on any atom is -0.370 e. The molecule has 0 bridgehead atoms. The lowest BCUT2D eigenvalue weighted by molar-refractivity contribution is 0.334. The Morgan fingerprint density at radius 1 is 0.667 bits per heavy atom. The standard InChI is InChI=1S/C27H44OSi2/c1-29(2,15-13-20-5-7-22-19-23(22)17-20)24-8-10-25(11-9-24)30(3,4)16-14-21-6-12-26-27(18-21)28-26/h8-11,20-23,26-27H,5-7,12-19H2,1-4H3. The molecule has 4 fully saturated rings. The predicted octanol–water partition coefficient (Wildman–Crippen LogP) is 6.30. The quantitative estimate of drug-likeness (QED) is 0.341. The molecule has 1 aromatic carbocycles. The third-order valence-electron chi connectivity index (χ3n) is 9.57. The second-order valence-corrected chi connectivity index (χ2v) is 22.4. The van der Waals surface area contributed by atoms with Crippen molar-refractivity contribution in [3.63, 3.8) is 0 Å². The summed E-state index contributed by atoms with van der Waals surface area (Å²) in [5, 5.41) is 3.37. The maximum atomic E-state index is 5.75. The third-order valence-corrected chi connectivity index (χ3v) is 16.4. The Balaban J connectivity index is 1.14. The molecule has 6 atom stereocenters. The fraction of sp³-hybridized carbons (Fsp3) is 0.778. The van der Waals surface area contributed by atoms with Crippen LogP contribution in [0.1, 0.15) is 57.8 Å². The van der Waals surface area contributed by atoms with E-state index in [0.717, 1.165) is 23.7 Å². The molecular formula is C27H44OSi2. The summed E-state index contributed by atoms with van der Waals surface area (Å²) < 4.78 is 5.75. The first kappa shape index (κ1) is 21.5. The van der Waals surface area contributed by atoms with Crippen LogP contribution in [-0.4, -0.2) is 28.4 Å². The van der Waals surface area contributed by atoms with Crippen molar-refractivity contribution in [3.8, 4) is 0 Å². The van der Waals surface area contributed by atoms with Crippen molar-refractivity contribution >= 4 is 26.5 Å². The summed E-state index contributed by atoms with van der Waals surface area (Å²) in [4.78, 5) is 0. The Hall–Kier alpha value is -0.386. The Morgan fingerprint density at radius 2 is 1.23 bits per heavy atom. The highest BCUT2D eigenvalue weighted by molar-refractivity contribution is 6.91. The van der Waals surface area contributed by atoms with Crippen LogP contribution in [0.15, 0.2) is 24.3 Å². The van der Waals surface area contributed by atoms with Crippen LogP contribution in [0.25, 0.3) is 0 Å². The van der Waals surface area contributed by atoms with Crippen molar-refractivity contribution in [2.45, 2.75) is 108 Å². The van der Waals surface area contributed by atoms with Gasteiger partial charge in [-0.1, -0.05) is 92.2 Å². The lowest BCUT2D eigenvalue weighted by Crippen LogP contribution is -2.45. The normalized spacial score (nSPS) is 35.5. The van der Waals surface area contributed by atoms with Crippen molar-refractivity contribution in [1.29, 1.82) is 0 Å². The Labute approximate surface area is 187 Å². The number of ether oxygens (including phenoxy) is 1. The van der Waals surface area contributed by atoms with Gasteiger partial charge in [0.1, 0.15) is 0 Å². The molecule has 1 nitrogen and oxygen atoms in total. The van der Waals surface area contributed by atoms with Crippen LogP contribution in [0.5, 0.6) is 0 Å². The molecule has 0 amide bonds. The van der Waals surface area contributed by atoms with Crippen molar-refractivity contribution < 1.29 is 4.74 Å². The first-order chi connectivity index (χ1) is 14.3. The summed E-state index contributed by atoms with van der Waals surface area (Å²) in [6.07, 6.45) is 14.5. The molecule has 3 aliphatic carbocycles. The first-order valence-corrected chi connectivity index (χ1v) is 19.5. The number of rotatable bonds is 8.